The van der Waals surface area contributed by atoms with Gasteiger partial charge in [-0.3, -0.25) is 4.79 Å². The first-order valence-corrected chi connectivity index (χ1v) is 20.7. The zero-order chi connectivity index (χ0) is 38.4. The summed E-state index contributed by atoms with van der Waals surface area (Å²) in [5.41, 5.74) is 2.17. The third kappa shape index (κ3) is 11.1. The number of phenolic OH excluding ortho intramolecular Hbond substituents is 1. The standard InChI is InChI=1S/C44H70N2O7/c1-7-9-10-11-12-13-14-15-16-23-40(50)46(6)39-31-37(45-53-43(3,4)5)35-29-32(21-17-19-26-47)34(22-18-20-27-48)41-36-30-33(49)24-25-38(36)52-44(39,42(35)41)51-28-8-2/h8,24-25,29-30,32,34,39,41-42,47-49H,2,7,9-23,26-28,31H2,1,3-6H3. The number of unbranched alkanes of at least 4 members (excludes halogenated alkanes) is 10. The maximum Gasteiger partial charge on any atom is 0.239 e. The molecule has 0 radical (unpaired) electrons. The zero-order valence-electron chi connectivity index (χ0n) is 33.5. The van der Waals surface area contributed by atoms with Crippen LogP contribution in [0.2, 0.25) is 0 Å². The lowest BCUT2D eigenvalue weighted by Crippen LogP contribution is -2.69. The number of aliphatic hydroxyl groups is 2. The largest absolute Gasteiger partial charge is 0.508 e. The van der Waals surface area contributed by atoms with Gasteiger partial charge in [0.2, 0.25) is 11.7 Å². The fourth-order valence-corrected chi connectivity index (χ4v) is 8.87. The molecule has 4 rings (SSSR count). The van der Waals surface area contributed by atoms with Crippen molar-refractivity contribution in [2.45, 2.75) is 160 Å². The van der Waals surface area contributed by atoms with Crippen LogP contribution in [0.5, 0.6) is 11.5 Å². The molecule has 9 heteroatoms. The Hall–Kier alpha value is -2.88. The molecule has 3 aliphatic rings. The van der Waals surface area contributed by atoms with E-state index in [1.54, 1.807) is 12.1 Å². The minimum atomic E-state index is -1.26. The number of hydrogen-bond acceptors (Lipinski definition) is 8. The van der Waals surface area contributed by atoms with Crippen molar-refractivity contribution in [3.63, 3.8) is 0 Å². The second-order valence-corrected chi connectivity index (χ2v) is 16.6. The van der Waals surface area contributed by atoms with Crippen molar-refractivity contribution in [2.75, 3.05) is 26.9 Å². The molecule has 0 spiro atoms. The molecule has 1 heterocycles. The highest BCUT2D eigenvalue weighted by Gasteiger charge is 2.65. The second kappa shape index (κ2) is 20.7. The van der Waals surface area contributed by atoms with Gasteiger partial charge in [0.15, 0.2) is 0 Å². The Morgan fingerprint density at radius 1 is 1.00 bits per heavy atom. The number of rotatable bonds is 23. The molecule has 6 atom stereocenters. The smallest absolute Gasteiger partial charge is 0.239 e. The lowest BCUT2D eigenvalue weighted by Gasteiger charge is -2.59. The summed E-state index contributed by atoms with van der Waals surface area (Å²) < 4.78 is 14.0. The maximum atomic E-state index is 14.2. The van der Waals surface area contributed by atoms with Gasteiger partial charge in [-0.1, -0.05) is 88.4 Å². The minimum absolute atomic E-state index is 0.0527. The fourth-order valence-electron chi connectivity index (χ4n) is 8.87. The Balaban J connectivity index is 1.78. The number of hydrogen-bond donors (Lipinski definition) is 3. The summed E-state index contributed by atoms with van der Waals surface area (Å²) in [6, 6.07) is 4.79. The zero-order valence-corrected chi connectivity index (χ0v) is 33.5. The van der Waals surface area contributed by atoms with Crippen LogP contribution in [0.4, 0.5) is 0 Å². The summed E-state index contributed by atoms with van der Waals surface area (Å²) in [5.74, 6) is -0.640. The number of carbonyl (C=O) groups excluding carboxylic acids is 1. The molecule has 53 heavy (non-hydrogen) atoms. The Bertz CT molecular complexity index is 1370. The number of ether oxygens (including phenoxy) is 2. The van der Waals surface area contributed by atoms with Crippen LogP contribution in [0.3, 0.4) is 0 Å². The van der Waals surface area contributed by atoms with E-state index in [0.717, 1.165) is 61.8 Å². The molecule has 1 aliphatic heterocycles. The summed E-state index contributed by atoms with van der Waals surface area (Å²) in [6.07, 6.45) is 20.4. The molecule has 0 bridgehead atoms. The lowest BCUT2D eigenvalue weighted by atomic mass is 9.55. The van der Waals surface area contributed by atoms with Crippen LogP contribution in [0.1, 0.15) is 148 Å². The number of amides is 1. The van der Waals surface area contributed by atoms with Crippen LogP contribution < -0.4 is 4.74 Å². The quantitative estimate of drug-likeness (QED) is 0.0582. The van der Waals surface area contributed by atoms with Crippen LogP contribution in [0.25, 0.3) is 0 Å². The molecule has 1 saturated carbocycles. The molecular weight excluding hydrogens is 668 g/mol. The summed E-state index contributed by atoms with van der Waals surface area (Å²) in [5, 5.41) is 35.2. The Morgan fingerprint density at radius 2 is 1.66 bits per heavy atom. The summed E-state index contributed by atoms with van der Waals surface area (Å²) in [7, 11) is 1.88. The number of fused-ring (bicyclic) bond motifs is 2. The monoisotopic (exact) mass is 739 g/mol. The Labute approximate surface area is 319 Å². The van der Waals surface area contributed by atoms with E-state index >= 15 is 0 Å². The number of aromatic hydroxyl groups is 1. The van der Waals surface area contributed by atoms with Gasteiger partial charge >= 0.3 is 0 Å². The van der Waals surface area contributed by atoms with Gasteiger partial charge in [0, 0.05) is 44.6 Å². The molecule has 0 saturated heterocycles. The predicted molar refractivity (Wildman–Crippen MR) is 212 cm³/mol. The van der Waals surface area contributed by atoms with Crippen molar-refractivity contribution in [3.8, 4) is 11.5 Å². The van der Waals surface area contributed by atoms with E-state index in [1.165, 1.54) is 38.5 Å². The lowest BCUT2D eigenvalue weighted by molar-refractivity contribution is -0.255. The van der Waals surface area contributed by atoms with Crippen molar-refractivity contribution in [1.29, 1.82) is 0 Å². The number of phenols is 1. The fraction of sp³-hybridized carbons (Fsp3) is 0.727. The van der Waals surface area contributed by atoms with E-state index < -0.39 is 17.4 Å². The van der Waals surface area contributed by atoms with Gasteiger partial charge in [0.25, 0.3) is 0 Å². The van der Waals surface area contributed by atoms with Gasteiger partial charge in [0.05, 0.1) is 18.2 Å². The van der Waals surface area contributed by atoms with E-state index in [9.17, 15) is 20.1 Å². The molecular formula is C44H70N2O7. The van der Waals surface area contributed by atoms with Gasteiger partial charge in [0.1, 0.15) is 23.1 Å². The third-order valence-corrected chi connectivity index (χ3v) is 11.4. The first-order chi connectivity index (χ1) is 25.5. The average Bonchev–Trinajstić information content (AvgIpc) is 3.13. The topological polar surface area (TPSA) is 121 Å². The van der Waals surface area contributed by atoms with Crippen molar-refractivity contribution in [2.24, 2.45) is 22.9 Å². The Morgan fingerprint density at radius 3 is 2.30 bits per heavy atom. The highest BCUT2D eigenvalue weighted by Crippen LogP contribution is 2.61. The highest BCUT2D eigenvalue weighted by molar-refractivity contribution is 6.03. The van der Waals surface area contributed by atoms with Crippen LogP contribution in [0.15, 0.2) is 47.7 Å². The molecule has 0 aromatic heterocycles. The van der Waals surface area contributed by atoms with Gasteiger partial charge in [-0.05, 0) is 88.5 Å². The van der Waals surface area contributed by atoms with E-state index in [0.29, 0.717) is 31.4 Å². The molecule has 6 unspecified atom stereocenters. The van der Waals surface area contributed by atoms with Gasteiger partial charge in [-0.2, -0.15) is 0 Å². The number of likely N-dealkylation sites (N-methyl/N-ethyl adjacent to an activating group) is 1. The summed E-state index contributed by atoms with van der Waals surface area (Å²) in [4.78, 5) is 22.2. The van der Waals surface area contributed by atoms with Crippen LogP contribution >= 0.6 is 0 Å². The first-order valence-electron chi connectivity index (χ1n) is 20.7. The predicted octanol–water partition coefficient (Wildman–Crippen LogP) is 9.20. The first kappa shape index (κ1) is 42.9. The molecule has 3 N–H and O–H groups in total. The molecule has 1 fully saturated rings. The van der Waals surface area contributed by atoms with Crippen LogP contribution in [-0.2, 0) is 14.4 Å². The third-order valence-electron chi connectivity index (χ3n) is 11.4. The van der Waals surface area contributed by atoms with Gasteiger partial charge in [-0.15, -0.1) is 6.58 Å². The molecule has 1 amide bonds. The number of allylic oxidation sites excluding steroid dienone is 1. The van der Waals surface area contributed by atoms with Crippen molar-refractivity contribution in [3.05, 3.63) is 48.1 Å². The van der Waals surface area contributed by atoms with E-state index in [2.05, 4.69) is 19.6 Å². The summed E-state index contributed by atoms with van der Waals surface area (Å²) in [6.45, 7) is 12.7. The van der Waals surface area contributed by atoms with Crippen LogP contribution in [-0.4, -0.2) is 76.1 Å². The number of nitrogens with zero attached hydrogens (tertiary/aromatic N) is 2. The minimum Gasteiger partial charge on any atom is -0.508 e. The number of benzene rings is 1. The highest BCUT2D eigenvalue weighted by atomic mass is 16.7. The number of oxime groups is 1. The van der Waals surface area contributed by atoms with Gasteiger partial charge < -0.3 is 34.5 Å². The molecule has 1 aromatic rings. The molecule has 298 valence electrons. The number of aliphatic hydroxyl groups excluding tert-OH is 2. The SMILES string of the molecule is C=CCOC12Oc3ccc(O)cc3C3C(CCCCO)C(CCCCO)C=C(C(=NOC(C)(C)C)CC1N(C)C(=O)CCCCCCCCCCC)C32. The average molecular weight is 739 g/mol. The van der Waals surface area contributed by atoms with Crippen molar-refractivity contribution < 1.29 is 34.4 Å². The van der Waals surface area contributed by atoms with E-state index in [-0.39, 0.29) is 55.1 Å². The van der Waals surface area contributed by atoms with Crippen LogP contribution in [0, 0.1) is 17.8 Å². The number of carbonyl (C=O) groups is 1. The van der Waals surface area contributed by atoms with Gasteiger partial charge in [-0.25, -0.2) is 0 Å². The molecule has 1 aromatic carbocycles. The maximum absolute atomic E-state index is 14.2. The summed E-state index contributed by atoms with van der Waals surface area (Å²) >= 11 is 0. The molecule has 9 nitrogen and oxygen atoms in total. The van der Waals surface area contributed by atoms with Crippen molar-refractivity contribution in [1.82, 2.24) is 4.90 Å². The van der Waals surface area contributed by atoms with E-state index in [4.69, 9.17) is 19.5 Å². The van der Waals surface area contributed by atoms with Crippen molar-refractivity contribution >= 4 is 11.6 Å². The molecule has 2 aliphatic carbocycles. The van der Waals surface area contributed by atoms with E-state index in [1.807, 2.05) is 44.9 Å². The normalized spacial score (nSPS) is 25.6. The second-order valence-electron chi connectivity index (χ2n) is 16.6. The Kier molecular flexibility index (Phi) is 16.7.